The van der Waals surface area contributed by atoms with E-state index in [1.54, 1.807) is 0 Å². The summed E-state index contributed by atoms with van der Waals surface area (Å²) in [7, 11) is 0. The van der Waals surface area contributed by atoms with Crippen molar-refractivity contribution in [3.8, 4) is 0 Å². The summed E-state index contributed by atoms with van der Waals surface area (Å²) in [6.45, 7) is 3.85. The molecule has 1 aliphatic rings. The maximum absolute atomic E-state index is 12.0. The number of rotatable bonds is 4. The average molecular weight is 334 g/mol. The van der Waals surface area contributed by atoms with Gasteiger partial charge in [0.25, 0.3) is 5.91 Å². The van der Waals surface area contributed by atoms with Gasteiger partial charge in [-0.15, -0.1) is 0 Å². The number of aromatic nitrogens is 1. The number of aromatic amines is 1. The highest BCUT2D eigenvalue weighted by Gasteiger charge is 2.20. The van der Waals surface area contributed by atoms with Gasteiger partial charge in [0, 0.05) is 38.0 Å². The van der Waals surface area contributed by atoms with E-state index >= 15 is 0 Å². The molecule has 0 radical (unpaired) electrons. The van der Waals surface area contributed by atoms with Crippen LogP contribution in [-0.4, -0.2) is 37.1 Å². The molecule has 4 N–H and O–H groups in total. The number of para-hydroxylation sites is 1. The highest BCUT2D eigenvalue weighted by Crippen LogP contribution is 2.32. The Balaban J connectivity index is 1.83. The molecule has 5 nitrogen and oxygen atoms in total. The summed E-state index contributed by atoms with van der Waals surface area (Å²) < 4.78 is 0. The number of piperazine rings is 1. The van der Waals surface area contributed by atoms with E-state index in [1.807, 2.05) is 18.2 Å². The number of H-pyrrole nitrogens is 1. The first-order valence-electron chi connectivity index (χ1n) is 8.67. The molecule has 0 saturated carbocycles. The van der Waals surface area contributed by atoms with Gasteiger partial charge in [0.1, 0.15) is 5.69 Å². The molecule has 0 atom stereocenters. The molecule has 1 aromatic heterocycles. The van der Waals surface area contributed by atoms with Crippen molar-refractivity contribution in [1.82, 2.24) is 10.3 Å². The van der Waals surface area contributed by atoms with Crippen molar-refractivity contribution in [2.24, 2.45) is 5.73 Å². The van der Waals surface area contributed by atoms with Crippen molar-refractivity contribution in [3.05, 3.63) is 65.4 Å². The van der Waals surface area contributed by atoms with Crippen molar-refractivity contribution < 1.29 is 4.79 Å². The van der Waals surface area contributed by atoms with Crippen LogP contribution >= 0.6 is 0 Å². The van der Waals surface area contributed by atoms with Gasteiger partial charge in [-0.1, -0.05) is 42.5 Å². The molecular formula is C20H22N4O. The van der Waals surface area contributed by atoms with E-state index in [2.05, 4.69) is 45.5 Å². The summed E-state index contributed by atoms with van der Waals surface area (Å²) in [5, 5.41) is 4.45. The lowest BCUT2D eigenvalue weighted by atomic mass is 10.0. The second-order valence-corrected chi connectivity index (χ2v) is 6.44. The third-order valence-electron chi connectivity index (χ3n) is 4.85. The number of anilines is 1. The number of carbonyl (C=O) groups excluding carboxylic acids is 1. The lowest BCUT2D eigenvalue weighted by Crippen LogP contribution is -2.43. The fraction of sp³-hybridized carbons (Fsp3) is 0.250. The van der Waals surface area contributed by atoms with E-state index in [-0.39, 0.29) is 0 Å². The molecule has 25 heavy (non-hydrogen) atoms. The van der Waals surface area contributed by atoms with Crippen molar-refractivity contribution in [2.75, 3.05) is 31.1 Å². The van der Waals surface area contributed by atoms with Crippen LogP contribution in [0.25, 0.3) is 10.9 Å². The van der Waals surface area contributed by atoms with Crippen LogP contribution in [0.5, 0.6) is 0 Å². The zero-order valence-electron chi connectivity index (χ0n) is 14.1. The van der Waals surface area contributed by atoms with Gasteiger partial charge in [0.05, 0.1) is 11.2 Å². The van der Waals surface area contributed by atoms with Gasteiger partial charge in [-0.3, -0.25) is 4.79 Å². The summed E-state index contributed by atoms with van der Waals surface area (Å²) in [6, 6.07) is 16.4. The second kappa shape index (κ2) is 6.61. The second-order valence-electron chi connectivity index (χ2n) is 6.44. The molecule has 0 bridgehead atoms. The van der Waals surface area contributed by atoms with Gasteiger partial charge in [0.15, 0.2) is 0 Å². The van der Waals surface area contributed by atoms with Crippen LogP contribution in [0.15, 0.2) is 48.5 Å². The Morgan fingerprint density at radius 3 is 2.52 bits per heavy atom. The van der Waals surface area contributed by atoms with E-state index in [0.29, 0.717) is 12.1 Å². The Morgan fingerprint density at radius 2 is 1.80 bits per heavy atom. The number of nitrogens with one attached hydrogen (secondary N) is 2. The van der Waals surface area contributed by atoms with E-state index in [1.165, 1.54) is 5.56 Å². The van der Waals surface area contributed by atoms with Gasteiger partial charge in [-0.2, -0.15) is 0 Å². The molecule has 1 fully saturated rings. The van der Waals surface area contributed by atoms with Gasteiger partial charge in [0.2, 0.25) is 0 Å². The number of primary amides is 1. The lowest BCUT2D eigenvalue weighted by Gasteiger charge is -2.29. The average Bonchev–Trinajstić information content (AvgIpc) is 3.02. The SMILES string of the molecule is NC(=O)c1[nH]c2c(N3CCNCC3)cccc2c1Cc1ccccc1. The van der Waals surface area contributed by atoms with E-state index in [4.69, 9.17) is 5.73 Å². The first-order chi connectivity index (χ1) is 12.2. The maximum atomic E-state index is 12.0. The normalized spacial score (nSPS) is 14.8. The van der Waals surface area contributed by atoms with Crippen molar-refractivity contribution in [1.29, 1.82) is 0 Å². The number of nitrogens with zero attached hydrogens (tertiary/aromatic N) is 1. The Morgan fingerprint density at radius 1 is 1.04 bits per heavy atom. The molecule has 0 aliphatic carbocycles. The molecule has 2 aromatic carbocycles. The van der Waals surface area contributed by atoms with Crippen molar-refractivity contribution in [3.63, 3.8) is 0 Å². The molecular weight excluding hydrogens is 312 g/mol. The minimum Gasteiger partial charge on any atom is -0.367 e. The quantitative estimate of drug-likeness (QED) is 0.685. The largest absolute Gasteiger partial charge is 0.367 e. The summed E-state index contributed by atoms with van der Waals surface area (Å²) in [5.41, 5.74) is 10.5. The maximum Gasteiger partial charge on any atom is 0.265 e. The fourth-order valence-corrected chi connectivity index (χ4v) is 3.62. The number of hydrogen-bond acceptors (Lipinski definition) is 3. The number of fused-ring (bicyclic) bond motifs is 1. The number of amides is 1. The molecule has 4 rings (SSSR count). The molecule has 3 aromatic rings. The van der Waals surface area contributed by atoms with Crippen LogP contribution in [-0.2, 0) is 6.42 Å². The standard InChI is InChI=1S/C20H22N4O/c21-20(25)19-16(13-14-5-2-1-3-6-14)15-7-4-8-17(18(15)23-19)24-11-9-22-10-12-24/h1-8,22-23H,9-13H2,(H2,21,25). The van der Waals surface area contributed by atoms with Crippen LogP contribution in [0.1, 0.15) is 21.6 Å². The van der Waals surface area contributed by atoms with Crippen molar-refractivity contribution in [2.45, 2.75) is 6.42 Å². The monoisotopic (exact) mass is 334 g/mol. The fourth-order valence-electron chi connectivity index (χ4n) is 3.62. The molecule has 0 unspecified atom stereocenters. The summed E-state index contributed by atoms with van der Waals surface area (Å²) in [6.07, 6.45) is 0.685. The Labute approximate surface area is 146 Å². The van der Waals surface area contributed by atoms with Gasteiger partial charge in [-0.25, -0.2) is 0 Å². The zero-order chi connectivity index (χ0) is 17.2. The third-order valence-corrected chi connectivity index (χ3v) is 4.85. The number of hydrogen-bond donors (Lipinski definition) is 3. The van der Waals surface area contributed by atoms with Crippen LogP contribution in [0.3, 0.4) is 0 Å². The highest BCUT2D eigenvalue weighted by atomic mass is 16.1. The van der Waals surface area contributed by atoms with Gasteiger partial charge >= 0.3 is 0 Å². The topological polar surface area (TPSA) is 74.2 Å². The van der Waals surface area contributed by atoms with Crippen LogP contribution in [0, 0.1) is 0 Å². The Bertz CT molecular complexity index is 895. The molecule has 1 saturated heterocycles. The minimum atomic E-state index is -0.409. The van der Waals surface area contributed by atoms with Gasteiger partial charge < -0.3 is 20.9 Å². The number of carbonyl (C=O) groups is 1. The Hall–Kier alpha value is -2.79. The Kier molecular flexibility index (Phi) is 4.15. The van der Waals surface area contributed by atoms with Crippen LogP contribution in [0.2, 0.25) is 0 Å². The smallest absolute Gasteiger partial charge is 0.265 e. The highest BCUT2D eigenvalue weighted by molar-refractivity contribution is 6.04. The predicted molar refractivity (Wildman–Crippen MR) is 101 cm³/mol. The van der Waals surface area contributed by atoms with Crippen LogP contribution in [0.4, 0.5) is 5.69 Å². The molecule has 1 amide bonds. The summed E-state index contributed by atoms with van der Waals surface area (Å²) in [4.78, 5) is 17.7. The zero-order valence-corrected chi connectivity index (χ0v) is 14.1. The minimum absolute atomic E-state index is 0.409. The first-order valence-corrected chi connectivity index (χ1v) is 8.67. The van der Waals surface area contributed by atoms with E-state index in [0.717, 1.165) is 48.3 Å². The summed E-state index contributed by atoms with van der Waals surface area (Å²) in [5.74, 6) is -0.409. The third kappa shape index (κ3) is 2.98. The lowest BCUT2D eigenvalue weighted by molar-refractivity contribution is 0.0995. The van der Waals surface area contributed by atoms with E-state index in [9.17, 15) is 4.79 Å². The van der Waals surface area contributed by atoms with E-state index < -0.39 is 5.91 Å². The number of nitrogens with two attached hydrogens (primary N) is 1. The summed E-state index contributed by atoms with van der Waals surface area (Å²) >= 11 is 0. The van der Waals surface area contributed by atoms with Crippen molar-refractivity contribution >= 4 is 22.5 Å². The molecule has 128 valence electrons. The molecule has 0 spiro atoms. The molecule has 2 heterocycles. The predicted octanol–water partition coefficient (Wildman–Crippen LogP) is 2.27. The van der Waals surface area contributed by atoms with Gasteiger partial charge in [-0.05, 0) is 17.2 Å². The molecule has 5 heteroatoms. The number of benzene rings is 2. The molecule has 1 aliphatic heterocycles. The first kappa shape index (κ1) is 15.7. The van der Waals surface area contributed by atoms with Crippen LogP contribution < -0.4 is 16.0 Å².